The molecule has 0 bridgehead atoms. The van der Waals surface area contributed by atoms with Crippen molar-refractivity contribution in [3.05, 3.63) is 29.8 Å². The van der Waals surface area contributed by atoms with E-state index in [2.05, 4.69) is 12.1 Å². The molecule has 1 fully saturated rings. The summed E-state index contributed by atoms with van der Waals surface area (Å²) in [4.78, 5) is 1.92. The maximum absolute atomic E-state index is 11.9. The van der Waals surface area contributed by atoms with Crippen molar-refractivity contribution < 1.29 is 8.42 Å². The van der Waals surface area contributed by atoms with Crippen LogP contribution in [-0.2, 0) is 16.3 Å². The summed E-state index contributed by atoms with van der Waals surface area (Å²) < 4.78 is 23.8. The molecular formula is C14H13N3O2S. The molecule has 0 aliphatic carbocycles. The van der Waals surface area contributed by atoms with Gasteiger partial charge in [-0.3, -0.25) is 0 Å². The number of nitrogens with zero attached hydrogens (tertiary/aromatic N) is 3. The molecule has 3 rings (SSSR count). The lowest BCUT2D eigenvalue weighted by molar-refractivity contribution is 0.378. The van der Waals surface area contributed by atoms with Crippen LogP contribution in [0.15, 0.2) is 24.3 Å². The molecule has 5 nitrogen and oxygen atoms in total. The Bertz CT molecular complexity index is 728. The number of sulfone groups is 1. The summed E-state index contributed by atoms with van der Waals surface area (Å²) in [5.74, 6) is -0.0484. The first-order chi connectivity index (χ1) is 9.51. The number of fused-ring (bicyclic) bond motifs is 3. The zero-order valence-electron chi connectivity index (χ0n) is 10.8. The van der Waals surface area contributed by atoms with Gasteiger partial charge < -0.3 is 4.90 Å². The van der Waals surface area contributed by atoms with Gasteiger partial charge >= 0.3 is 0 Å². The predicted octanol–water partition coefficient (Wildman–Crippen LogP) is 0.880. The Morgan fingerprint density at radius 2 is 1.95 bits per heavy atom. The molecular weight excluding hydrogens is 274 g/mol. The highest BCUT2D eigenvalue weighted by Gasteiger charge is 2.51. The van der Waals surface area contributed by atoms with Gasteiger partial charge in [-0.15, -0.1) is 0 Å². The monoisotopic (exact) mass is 287 g/mol. The Labute approximate surface area is 118 Å². The number of hydrogen-bond acceptors (Lipinski definition) is 5. The van der Waals surface area contributed by atoms with E-state index in [-0.39, 0.29) is 17.9 Å². The van der Waals surface area contributed by atoms with Gasteiger partial charge in [-0.25, -0.2) is 8.42 Å². The highest BCUT2D eigenvalue weighted by Crippen LogP contribution is 2.42. The van der Waals surface area contributed by atoms with E-state index in [9.17, 15) is 18.9 Å². The summed E-state index contributed by atoms with van der Waals surface area (Å²) in [7, 11) is -3.19. The molecule has 1 aromatic carbocycles. The van der Waals surface area contributed by atoms with E-state index in [0.717, 1.165) is 11.3 Å². The van der Waals surface area contributed by atoms with Crippen LogP contribution in [0.2, 0.25) is 0 Å². The van der Waals surface area contributed by atoms with E-state index in [1.807, 2.05) is 29.2 Å². The molecule has 0 amide bonds. The Balaban J connectivity index is 2.18. The number of nitriles is 2. The van der Waals surface area contributed by atoms with Gasteiger partial charge in [0.05, 0.1) is 29.7 Å². The second kappa shape index (κ2) is 4.22. The topological polar surface area (TPSA) is 85.0 Å². The van der Waals surface area contributed by atoms with Crippen LogP contribution in [0.1, 0.15) is 5.56 Å². The van der Waals surface area contributed by atoms with Gasteiger partial charge in [-0.1, -0.05) is 18.2 Å². The SMILES string of the molecule is N#CC1(C#N)Cc2ccccc2N2CCS(=O)(=O)CC21. The van der Waals surface area contributed by atoms with Crippen molar-refractivity contribution >= 4 is 15.5 Å². The van der Waals surface area contributed by atoms with E-state index in [4.69, 9.17) is 0 Å². The van der Waals surface area contributed by atoms with Crippen LogP contribution >= 0.6 is 0 Å². The summed E-state index contributed by atoms with van der Waals surface area (Å²) in [5.41, 5.74) is 0.599. The molecule has 0 spiro atoms. The van der Waals surface area contributed by atoms with Gasteiger partial charge in [0.15, 0.2) is 15.3 Å². The van der Waals surface area contributed by atoms with Gasteiger partial charge in [-0.05, 0) is 11.6 Å². The average Bonchev–Trinajstić information content (AvgIpc) is 2.45. The lowest BCUT2D eigenvalue weighted by atomic mass is 9.74. The minimum absolute atomic E-state index is 0.0742. The molecule has 0 N–H and O–H groups in total. The number of benzene rings is 1. The molecule has 0 aromatic heterocycles. The van der Waals surface area contributed by atoms with Crippen LogP contribution in [-0.4, -0.2) is 32.5 Å². The molecule has 102 valence electrons. The minimum atomic E-state index is -3.19. The number of para-hydroxylation sites is 1. The average molecular weight is 287 g/mol. The Kier molecular flexibility index (Phi) is 2.74. The molecule has 0 saturated carbocycles. The highest BCUT2D eigenvalue weighted by atomic mass is 32.2. The van der Waals surface area contributed by atoms with Crippen molar-refractivity contribution in [1.82, 2.24) is 0 Å². The maximum Gasteiger partial charge on any atom is 0.168 e. The van der Waals surface area contributed by atoms with E-state index in [0.29, 0.717) is 6.54 Å². The first kappa shape index (κ1) is 13.0. The summed E-state index contributed by atoms with van der Waals surface area (Å²) in [5, 5.41) is 19.0. The molecule has 2 heterocycles. The van der Waals surface area contributed by atoms with Crippen LogP contribution in [0.4, 0.5) is 5.69 Å². The van der Waals surface area contributed by atoms with E-state index < -0.39 is 21.3 Å². The summed E-state index contributed by atoms with van der Waals surface area (Å²) in [6.07, 6.45) is 0.285. The normalized spacial score (nSPS) is 25.7. The molecule has 2 aliphatic heterocycles. The van der Waals surface area contributed by atoms with Crippen molar-refractivity contribution in [3.8, 4) is 12.1 Å². The molecule has 2 aliphatic rings. The van der Waals surface area contributed by atoms with Crippen LogP contribution in [0, 0.1) is 28.1 Å². The van der Waals surface area contributed by atoms with Crippen molar-refractivity contribution in [2.24, 2.45) is 5.41 Å². The smallest absolute Gasteiger partial charge is 0.168 e. The van der Waals surface area contributed by atoms with Crippen molar-refractivity contribution in [1.29, 1.82) is 10.5 Å². The summed E-state index contributed by atoms with van der Waals surface area (Å²) >= 11 is 0. The fourth-order valence-corrected chi connectivity index (χ4v) is 4.70. The number of anilines is 1. The van der Waals surface area contributed by atoms with E-state index in [1.165, 1.54) is 0 Å². The maximum atomic E-state index is 11.9. The van der Waals surface area contributed by atoms with Crippen LogP contribution in [0.5, 0.6) is 0 Å². The Hall–Kier alpha value is -2.05. The Morgan fingerprint density at radius 3 is 2.65 bits per heavy atom. The second-order valence-electron chi connectivity index (χ2n) is 5.32. The second-order valence-corrected chi connectivity index (χ2v) is 7.55. The molecule has 1 unspecified atom stereocenters. The first-order valence-electron chi connectivity index (χ1n) is 6.39. The summed E-state index contributed by atoms with van der Waals surface area (Å²) in [6, 6.07) is 11.2. The highest BCUT2D eigenvalue weighted by molar-refractivity contribution is 7.91. The number of rotatable bonds is 0. The van der Waals surface area contributed by atoms with Gasteiger partial charge in [-0.2, -0.15) is 10.5 Å². The third-order valence-corrected chi connectivity index (χ3v) is 5.80. The van der Waals surface area contributed by atoms with Crippen molar-refractivity contribution in [2.75, 3.05) is 23.0 Å². The third kappa shape index (κ3) is 1.76. The van der Waals surface area contributed by atoms with Crippen LogP contribution in [0.25, 0.3) is 0 Å². The van der Waals surface area contributed by atoms with Gasteiger partial charge in [0.1, 0.15) is 0 Å². The molecule has 1 saturated heterocycles. The number of hydrogen-bond donors (Lipinski definition) is 0. The van der Waals surface area contributed by atoms with Gasteiger partial charge in [0, 0.05) is 18.7 Å². The third-order valence-electron chi connectivity index (χ3n) is 4.17. The van der Waals surface area contributed by atoms with Crippen molar-refractivity contribution in [2.45, 2.75) is 12.5 Å². The molecule has 6 heteroatoms. The lowest BCUT2D eigenvalue weighted by Gasteiger charge is -2.47. The quantitative estimate of drug-likeness (QED) is 0.707. The lowest BCUT2D eigenvalue weighted by Crippen LogP contribution is -2.59. The fraction of sp³-hybridized carbons (Fsp3) is 0.429. The predicted molar refractivity (Wildman–Crippen MR) is 73.6 cm³/mol. The van der Waals surface area contributed by atoms with Gasteiger partial charge in [0.2, 0.25) is 0 Å². The van der Waals surface area contributed by atoms with E-state index >= 15 is 0 Å². The summed E-state index contributed by atoms with van der Waals surface area (Å²) in [6.45, 7) is 0.342. The zero-order valence-corrected chi connectivity index (χ0v) is 11.6. The van der Waals surface area contributed by atoms with Crippen LogP contribution in [0.3, 0.4) is 0 Å². The first-order valence-corrected chi connectivity index (χ1v) is 8.21. The minimum Gasteiger partial charge on any atom is -0.364 e. The molecule has 0 radical (unpaired) electrons. The molecule has 1 atom stereocenters. The largest absolute Gasteiger partial charge is 0.364 e. The molecule has 20 heavy (non-hydrogen) atoms. The van der Waals surface area contributed by atoms with E-state index in [1.54, 1.807) is 0 Å². The Morgan fingerprint density at radius 1 is 1.25 bits per heavy atom. The fourth-order valence-electron chi connectivity index (χ4n) is 3.12. The van der Waals surface area contributed by atoms with Gasteiger partial charge in [0.25, 0.3) is 0 Å². The van der Waals surface area contributed by atoms with Crippen molar-refractivity contribution in [3.63, 3.8) is 0 Å². The zero-order chi connectivity index (χ0) is 14.4. The van der Waals surface area contributed by atoms with Crippen LogP contribution < -0.4 is 4.90 Å². The molecule has 1 aromatic rings. The standard InChI is InChI=1S/C14H13N3O2S/c15-9-14(10-16)7-11-3-1-2-4-12(11)17-5-6-20(18,19)8-13(14)17/h1-4,13H,5-8H2.